The number of hydrogen-bond acceptors (Lipinski definition) is 1. The first-order valence-electron chi connectivity index (χ1n) is 8.57. The Balaban J connectivity index is 1.42. The van der Waals surface area contributed by atoms with Gasteiger partial charge in [-0.15, -0.1) is 0 Å². The number of benzene rings is 1. The van der Waals surface area contributed by atoms with E-state index in [2.05, 4.69) is 36.6 Å². The molecule has 0 heterocycles. The van der Waals surface area contributed by atoms with Crippen molar-refractivity contribution in [2.75, 3.05) is 7.05 Å². The van der Waals surface area contributed by atoms with Gasteiger partial charge in [0.1, 0.15) is 0 Å². The summed E-state index contributed by atoms with van der Waals surface area (Å²) in [6.07, 6.45) is 10.1. The molecule has 0 aliphatic heterocycles. The zero-order valence-electron chi connectivity index (χ0n) is 12.6. The smallest absolute Gasteiger partial charge is 0.0101 e. The average molecular weight is 269 g/mol. The van der Waals surface area contributed by atoms with Crippen molar-refractivity contribution < 1.29 is 0 Å². The predicted octanol–water partition coefficient (Wildman–Crippen LogP) is 3.82. The van der Waals surface area contributed by atoms with E-state index in [1.54, 1.807) is 17.5 Å². The largest absolute Gasteiger partial charge is 0.317 e. The van der Waals surface area contributed by atoms with Crippen molar-refractivity contribution in [3.05, 3.63) is 35.4 Å². The zero-order chi connectivity index (χ0) is 13.5. The molecule has 0 amide bonds. The molecule has 1 N–H and O–H groups in total. The van der Waals surface area contributed by atoms with Crippen LogP contribution in [0.5, 0.6) is 0 Å². The summed E-state index contributed by atoms with van der Waals surface area (Å²) in [5.41, 5.74) is 3.20. The first-order valence-corrected chi connectivity index (χ1v) is 8.57. The molecule has 3 aliphatic carbocycles. The summed E-state index contributed by atoms with van der Waals surface area (Å²) in [7, 11) is 2.18. The third-order valence-electron chi connectivity index (χ3n) is 6.46. The van der Waals surface area contributed by atoms with E-state index in [4.69, 9.17) is 0 Å². The van der Waals surface area contributed by atoms with Gasteiger partial charge in [-0.3, -0.25) is 0 Å². The van der Waals surface area contributed by atoms with Crippen molar-refractivity contribution in [2.24, 2.45) is 23.7 Å². The van der Waals surface area contributed by atoms with Crippen LogP contribution in [-0.2, 0) is 12.8 Å². The maximum absolute atomic E-state index is 3.67. The van der Waals surface area contributed by atoms with E-state index in [-0.39, 0.29) is 0 Å². The standard InChI is InChI=1S/C19H27N/c1-20-19(12-17-9-13-6-7-16(17)8-13)18-10-14-4-2-3-5-15(14)11-18/h2-5,13,16-20H,6-12H2,1H3. The van der Waals surface area contributed by atoms with Crippen LogP contribution in [0.3, 0.4) is 0 Å². The Morgan fingerprint density at radius 2 is 1.85 bits per heavy atom. The van der Waals surface area contributed by atoms with Crippen LogP contribution in [0.2, 0.25) is 0 Å². The lowest BCUT2D eigenvalue weighted by Gasteiger charge is -2.30. The second kappa shape index (κ2) is 5.18. The third kappa shape index (κ3) is 2.20. The SMILES string of the molecule is CNC(CC1CC2CCC1C2)C1Cc2ccccc2C1. The molecule has 0 aromatic heterocycles. The zero-order valence-corrected chi connectivity index (χ0v) is 12.6. The van der Waals surface area contributed by atoms with Crippen LogP contribution in [0.15, 0.2) is 24.3 Å². The summed E-state index contributed by atoms with van der Waals surface area (Å²) in [6.45, 7) is 0. The van der Waals surface area contributed by atoms with Gasteiger partial charge < -0.3 is 5.32 Å². The van der Waals surface area contributed by atoms with Crippen molar-refractivity contribution in [2.45, 2.75) is 51.0 Å². The monoisotopic (exact) mass is 269 g/mol. The maximum atomic E-state index is 3.67. The summed E-state index contributed by atoms with van der Waals surface area (Å²) in [5, 5.41) is 3.67. The summed E-state index contributed by atoms with van der Waals surface area (Å²) >= 11 is 0. The molecule has 4 atom stereocenters. The summed E-state index contributed by atoms with van der Waals surface area (Å²) < 4.78 is 0. The molecule has 108 valence electrons. The predicted molar refractivity (Wildman–Crippen MR) is 83.7 cm³/mol. The van der Waals surface area contributed by atoms with Crippen molar-refractivity contribution in [1.29, 1.82) is 0 Å². The minimum Gasteiger partial charge on any atom is -0.317 e. The van der Waals surface area contributed by atoms with Gasteiger partial charge in [0.2, 0.25) is 0 Å². The number of fused-ring (bicyclic) bond motifs is 3. The van der Waals surface area contributed by atoms with Crippen LogP contribution < -0.4 is 5.32 Å². The van der Waals surface area contributed by atoms with E-state index in [0.29, 0.717) is 0 Å². The van der Waals surface area contributed by atoms with Crippen molar-refractivity contribution in [3.63, 3.8) is 0 Å². The average Bonchev–Trinajstić information content (AvgIpc) is 3.18. The van der Waals surface area contributed by atoms with Gasteiger partial charge in [0.25, 0.3) is 0 Å². The number of nitrogens with one attached hydrogen (secondary N) is 1. The lowest BCUT2D eigenvalue weighted by atomic mass is 9.80. The highest BCUT2D eigenvalue weighted by atomic mass is 14.9. The van der Waals surface area contributed by atoms with Crippen LogP contribution in [0.25, 0.3) is 0 Å². The fraction of sp³-hybridized carbons (Fsp3) is 0.684. The molecule has 2 saturated carbocycles. The van der Waals surface area contributed by atoms with Crippen LogP contribution in [0.1, 0.15) is 43.2 Å². The lowest BCUT2D eigenvalue weighted by molar-refractivity contribution is 0.246. The third-order valence-corrected chi connectivity index (χ3v) is 6.46. The fourth-order valence-corrected chi connectivity index (χ4v) is 5.41. The molecule has 20 heavy (non-hydrogen) atoms. The van der Waals surface area contributed by atoms with Crippen LogP contribution in [-0.4, -0.2) is 13.1 Å². The molecule has 4 unspecified atom stereocenters. The van der Waals surface area contributed by atoms with Gasteiger partial charge in [0.05, 0.1) is 0 Å². The molecular formula is C19H27N. The van der Waals surface area contributed by atoms with E-state index in [1.165, 1.54) is 38.5 Å². The quantitative estimate of drug-likeness (QED) is 0.876. The summed E-state index contributed by atoms with van der Waals surface area (Å²) in [6, 6.07) is 9.79. The Labute approximate surface area is 123 Å². The molecule has 2 bridgehead atoms. The Bertz CT molecular complexity index is 455. The van der Waals surface area contributed by atoms with E-state index in [9.17, 15) is 0 Å². The Hall–Kier alpha value is -0.820. The molecule has 4 rings (SSSR count). The van der Waals surface area contributed by atoms with Gasteiger partial charge in [0, 0.05) is 6.04 Å². The number of hydrogen-bond donors (Lipinski definition) is 1. The molecule has 0 spiro atoms. The molecule has 0 saturated heterocycles. The van der Waals surface area contributed by atoms with E-state index in [1.807, 2.05) is 0 Å². The Kier molecular flexibility index (Phi) is 3.34. The minimum absolute atomic E-state index is 0.728. The summed E-state index contributed by atoms with van der Waals surface area (Å²) in [4.78, 5) is 0. The second-order valence-electron chi connectivity index (χ2n) is 7.50. The Morgan fingerprint density at radius 3 is 2.40 bits per heavy atom. The first kappa shape index (κ1) is 12.9. The normalized spacial score (nSPS) is 33.5. The highest BCUT2D eigenvalue weighted by molar-refractivity contribution is 5.32. The highest BCUT2D eigenvalue weighted by Crippen LogP contribution is 2.50. The fourth-order valence-electron chi connectivity index (χ4n) is 5.41. The molecule has 1 nitrogen and oxygen atoms in total. The molecule has 1 heteroatoms. The van der Waals surface area contributed by atoms with Gasteiger partial charge >= 0.3 is 0 Å². The molecule has 1 aromatic carbocycles. The van der Waals surface area contributed by atoms with Crippen LogP contribution in [0.4, 0.5) is 0 Å². The van der Waals surface area contributed by atoms with Gasteiger partial charge in [-0.1, -0.05) is 30.7 Å². The molecule has 2 fully saturated rings. The lowest BCUT2D eigenvalue weighted by Crippen LogP contribution is -2.37. The molecular weight excluding hydrogens is 242 g/mol. The van der Waals surface area contributed by atoms with Crippen LogP contribution >= 0.6 is 0 Å². The van der Waals surface area contributed by atoms with Crippen molar-refractivity contribution >= 4 is 0 Å². The van der Waals surface area contributed by atoms with Crippen molar-refractivity contribution in [1.82, 2.24) is 5.32 Å². The maximum Gasteiger partial charge on any atom is 0.0101 e. The van der Waals surface area contributed by atoms with E-state index >= 15 is 0 Å². The topological polar surface area (TPSA) is 12.0 Å². The van der Waals surface area contributed by atoms with Crippen molar-refractivity contribution in [3.8, 4) is 0 Å². The van der Waals surface area contributed by atoms with E-state index < -0.39 is 0 Å². The van der Waals surface area contributed by atoms with Gasteiger partial charge in [-0.05, 0) is 80.4 Å². The minimum atomic E-state index is 0.728. The molecule has 0 radical (unpaired) electrons. The Morgan fingerprint density at radius 1 is 1.10 bits per heavy atom. The number of rotatable bonds is 4. The van der Waals surface area contributed by atoms with Gasteiger partial charge in [-0.25, -0.2) is 0 Å². The highest BCUT2D eigenvalue weighted by Gasteiger charge is 2.41. The van der Waals surface area contributed by atoms with E-state index in [0.717, 1.165) is 29.7 Å². The van der Waals surface area contributed by atoms with Crippen LogP contribution in [0, 0.1) is 23.7 Å². The first-order chi connectivity index (χ1) is 9.83. The van der Waals surface area contributed by atoms with Gasteiger partial charge in [0.15, 0.2) is 0 Å². The molecule has 1 aromatic rings. The van der Waals surface area contributed by atoms with Gasteiger partial charge in [-0.2, -0.15) is 0 Å². The second-order valence-corrected chi connectivity index (χ2v) is 7.50. The molecule has 3 aliphatic rings. The summed E-state index contributed by atoms with van der Waals surface area (Å²) in [5.74, 6) is 4.01.